The van der Waals surface area contributed by atoms with Crippen LogP contribution in [0.15, 0.2) is 42.5 Å². The summed E-state index contributed by atoms with van der Waals surface area (Å²) in [6.07, 6.45) is -2.74. The number of amides is 1. The number of rotatable bonds is 8. The molecule has 2 aromatic carbocycles. The lowest BCUT2D eigenvalue weighted by Crippen LogP contribution is -2.36. The zero-order valence-corrected chi connectivity index (χ0v) is 22.8. The van der Waals surface area contributed by atoms with E-state index in [9.17, 15) is 22.4 Å². The molecule has 3 aromatic rings. The van der Waals surface area contributed by atoms with Gasteiger partial charge in [-0.15, -0.1) is 0 Å². The number of ether oxygens (including phenoxy) is 2. The first-order chi connectivity index (χ1) is 18.9. The van der Waals surface area contributed by atoms with Crippen molar-refractivity contribution in [1.82, 2.24) is 15.6 Å². The van der Waals surface area contributed by atoms with E-state index < -0.39 is 35.9 Å². The predicted molar refractivity (Wildman–Crippen MR) is 142 cm³/mol. The Kier molecular flexibility index (Phi) is 7.43. The molecular formula is C29H28ClF4N3O3. The van der Waals surface area contributed by atoms with Gasteiger partial charge in [-0.3, -0.25) is 9.78 Å². The number of nitrogens with one attached hydrogen (secondary N) is 2. The average Bonchev–Trinajstić information content (AvgIpc) is 3.67. The van der Waals surface area contributed by atoms with Crippen molar-refractivity contribution in [3.8, 4) is 22.8 Å². The molecule has 40 heavy (non-hydrogen) atoms. The Morgan fingerprint density at radius 2 is 1.93 bits per heavy atom. The Morgan fingerprint density at radius 1 is 1.18 bits per heavy atom. The first-order valence-electron chi connectivity index (χ1n) is 12.8. The molecule has 5 rings (SSSR count). The van der Waals surface area contributed by atoms with Crippen molar-refractivity contribution < 1.29 is 31.8 Å². The molecule has 212 valence electrons. The van der Waals surface area contributed by atoms with E-state index in [1.165, 1.54) is 37.4 Å². The van der Waals surface area contributed by atoms with Crippen LogP contribution in [0.1, 0.15) is 59.8 Å². The van der Waals surface area contributed by atoms with Crippen LogP contribution >= 0.6 is 11.6 Å². The van der Waals surface area contributed by atoms with Gasteiger partial charge in [0.05, 0.1) is 29.6 Å². The minimum absolute atomic E-state index is 0.108. The van der Waals surface area contributed by atoms with Crippen LogP contribution in [0.2, 0.25) is 5.02 Å². The maximum atomic E-state index is 14.4. The largest absolute Gasteiger partial charge is 0.493 e. The van der Waals surface area contributed by atoms with Gasteiger partial charge >= 0.3 is 6.18 Å². The van der Waals surface area contributed by atoms with Crippen LogP contribution in [-0.2, 0) is 12.1 Å². The normalized spacial score (nSPS) is 16.8. The molecule has 2 heterocycles. The van der Waals surface area contributed by atoms with Crippen LogP contribution in [0.3, 0.4) is 0 Å². The van der Waals surface area contributed by atoms with E-state index in [4.69, 9.17) is 21.1 Å². The summed E-state index contributed by atoms with van der Waals surface area (Å²) in [6, 6.07) is 9.87. The molecule has 1 aromatic heterocycles. The van der Waals surface area contributed by atoms with Crippen LogP contribution in [0, 0.1) is 5.82 Å². The van der Waals surface area contributed by atoms with Crippen molar-refractivity contribution in [2.24, 2.45) is 0 Å². The number of pyridine rings is 1. The van der Waals surface area contributed by atoms with Gasteiger partial charge in [-0.2, -0.15) is 13.2 Å². The van der Waals surface area contributed by atoms with E-state index >= 15 is 0 Å². The first-order valence-corrected chi connectivity index (χ1v) is 13.2. The molecule has 2 aliphatic rings. The van der Waals surface area contributed by atoms with Gasteiger partial charge in [0.2, 0.25) is 0 Å². The standard InChI is InChI=1S/C29H28ClF4N3O3/c1-28(2)19-12-23(37-26(18(19)13-36-28)15-4-8-22(31)21(30)10-15)20(29(32,33)34)14-35-27(38)16-5-9-24(25(11-16)39-3)40-17-6-7-17/h4-5,8-12,17,20,36H,6-7,13-14H2,1-3H3,(H,35,38). The van der Waals surface area contributed by atoms with Gasteiger partial charge in [0.15, 0.2) is 11.5 Å². The molecule has 0 radical (unpaired) electrons. The van der Waals surface area contributed by atoms with Gasteiger partial charge in [0, 0.05) is 29.8 Å². The molecule has 1 atom stereocenters. The zero-order valence-electron chi connectivity index (χ0n) is 22.1. The van der Waals surface area contributed by atoms with Crippen LogP contribution in [0.4, 0.5) is 17.6 Å². The van der Waals surface area contributed by atoms with Gasteiger partial charge in [0.25, 0.3) is 5.91 Å². The van der Waals surface area contributed by atoms with E-state index in [0.29, 0.717) is 34.7 Å². The zero-order chi connectivity index (χ0) is 28.8. The number of hydrogen-bond acceptors (Lipinski definition) is 5. The highest BCUT2D eigenvalue weighted by Crippen LogP contribution is 2.42. The monoisotopic (exact) mass is 577 g/mol. The maximum absolute atomic E-state index is 14.4. The Morgan fingerprint density at radius 3 is 2.58 bits per heavy atom. The third-order valence-electron chi connectivity index (χ3n) is 7.18. The molecule has 0 spiro atoms. The molecule has 11 heteroatoms. The SMILES string of the molecule is COc1cc(C(=O)NCC(c2cc3c(c(-c4ccc(F)c(Cl)c4)n2)CNC3(C)C)C(F)(F)F)ccc1OC1CC1. The summed E-state index contributed by atoms with van der Waals surface area (Å²) < 4.78 is 68.2. The highest BCUT2D eigenvalue weighted by Gasteiger charge is 2.44. The molecule has 6 nitrogen and oxygen atoms in total. The van der Waals surface area contributed by atoms with Crippen molar-refractivity contribution in [3.05, 3.63) is 75.7 Å². The Bertz CT molecular complexity index is 1460. The minimum Gasteiger partial charge on any atom is -0.493 e. The van der Waals surface area contributed by atoms with Crippen molar-refractivity contribution in [2.75, 3.05) is 13.7 Å². The lowest BCUT2D eigenvalue weighted by molar-refractivity contribution is -0.149. The van der Waals surface area contributed by atoms with Gasteiger partial charge < -0.3 is 20.1 Å². The van der Waals surface area contributed by atoms with Crippen LogP contribution < -0.4 is 20.1 Å². The fourth-order valence-corrected chi connectivity index (χ4v) is 4.93. The summed E-state index contributed by atoms with van der Waals surface area (Å²) in [5.74, 6) is -2.64. The second-order valence-corrected chi connectivity index (χ2v) is 10.9. The summed E-state index contributed by atoms with van der Waals surface area (Å²) in [7, 11) is 1.43. The Balaban J connectivity index is 1.46. The summed E-state index contributed by atoms with van der Waals surface area (Å²) in [4.78, 5) is 17.3. The number of benzene rings is 2. The van der Waals surface area contributed by atoms with Gasteiger partial charge in [-0.05, 0) is 80.3 Å². The fraction of sp³-hybridized carbons (Fsp3) is 0.379. The predicted octanol–water partition coefficient (Wildman–Crippen LogP) is 6.51. The number of carbonyl (C=O) groups is 1. The van der Waals surface area contributed by atoms with Crippen molar-refractivity contribution >= 4 is 17.5 Å². The molecule has 2 N–H and O–H groups in total. The Labute approximate surface area is 234 Å². The topological polar surface area (TPSA) is 72.5 Å². The molecule has 0 saturated heterocycles. The van der Waals surface area contributed by atoms with Gasteiger partial charge in [-0.25, -0.2) is 4.39 Å². The van der Waals surface area contributed by atoms with Crippen molar-refractivity contribution in [1.29, 1.82) is 0 Å². The summed E-state index contributed by atoms with van der Waals surface area (Å²) in [5, 5.41) is 5.54. The lowest BCUT2D eigenvalue weighted by Gasteiger charge is -2.25. The number of fused-ring (bicyclic) bond motifs is 1. The molecule has 1 aliphatic carbocycles. The molecule has 1 saturated carbocycles. The van der Waals surface area contributed by atoms with Crippen molar-refractivity contribution in [2.45, 2.75) is 57.0 Å². The van der Waals surface area contributed by atoms with E-state index in [1.807, 2.05) is 13.8 Å². The first kappa shape index (κ1) is 28.2. The van der Waals surface area contributed by atoms with Crippen LogP contribution in [0.25, 0.3) is 11.3 Å². The molecule has 1 aliphatic heterocycles. The highest BCUT2D eigenvalue weighted by atomic mass is 35.5. The van der Waals surface area contributed by atoms with E-state index in [0.717, 1.165) is 18.9 Å². The number of aromatic nitrogens is 1. The highest BCUT2D eigenvalue weighted by molar-refractivity contribution is 6.31. The van der Waals surface area contributed by atoms with Crippen molar-refractivity contribution in [3.63, 3.8) is 0 Å². The summed E-state index contributed by atoms with van der Waals surface area (Å²) >= 11 is 5.98. The number of carbonyl (C=O) groups excluding carboxylic acids is 1. The third-order valence-corrected chi connectivity index (χ3v) is 7.47. The number of nitrogens with zero attached hydrogens (tertiary/aromatic N) is 1. The molecule has 0 bridgehead atoms. The van der Waals surface area contributed by atoms with Crippen LogP contribution in [0.5, 0.6) is 11.5 Å². The molecule has 1 amide bonds. The number of alkyl halides is 3. The summed E-state index contributed by atoms with van der Waals surface area (Å²) in [5.41, 5.74) is 1.27. The minimum atomic E-state index is -4.72. The Hall–Kier alpha value is -3.37. The number of methoxy groups -OCH3 is 1. The quantitative estimate of drug-likeness (QED) is 0.299. The second kappa shape index (κ2) is 10.6. The number of hydrogen-bond donors (Lipinski definition) is 2. The molecule has 1 unspecified atom stereocenters. The van der Waals surface area contributed by atoms with Gasteiger partial charge in [0.1, 0.15) is 11.7 Å². The average molecular weight is 578 g/mol. The van der Waals surface area contributed by atoms with E-state index in [1.54, 1.807) is 6.07 Å². The van der Waals surface area contributed by atoms with E-state index in [-0.39, 0.29) is 28.1 Å². The summed E-state index contributed by atoms with van der Waals surface area (Å²) in [6.45, 7) is 3.35. The van der Waals surface area contributed by atoms with Crippen LogP contribution in [-0.4, -0.2) is 36.8 Å². The van der Waals surface area contributed by atoms with E-state index in [2.05, 4.69) is 15.6 Å². The number of halogens is 5. The second-order valence-electron chi connectivity index (χ2n) is 10.5. The molecular weight excluding hydrogens is 550 g/mol. The lowest BCUT2D eigenvalue weighted by atomic mass is 9.89. The van der Waals surface area contributed by atoms with Gasteiger partial charge in [-0.1, -0.05) is 11.6 Å². The maximum Gasteiger partial charge on any atom is 0.398 e. The third kappa shape index (κ3) is 5.74. The fourth-order valence-electron chi connectivity index (χ4n) is 4.75. The smallest absolute Gasteiger partial charge is 0.398 e. The molecule has 1 fully saturated rings.